The summed E-state index contributed by atoms with van der Waals surface area (Å²) in [5, 5.41) is 19.4. The van der Waals surface area contributed by atoms with Gasteiger partial charge in [-0.3, -0.25) is 10.00 Å². The summed E-state index contributed by atoms with van der Waals surface area (Å²) in [4.78, 5) is 12.8. The van der Waals surface area contributed by atoms with Gasteiger partial charge in [-0.1, -0.05) is 6.07 Å². The van der Waals surface area contributed by atoms with Crippen molar-refractivity contribution in [2.45, 2.75) is 68.5 Å². The lowest BCUT2D eigenvalue weighted by molar-refractivity contribution is -0.137. The SMILES string of the molecule is Cc1cc2[nH]nc(C#N)c2c(-c2ccc3c(N4C[C@@H]5CC[C@](C=C(F)F)(C4)N5)nc(OC[C@@]45CCCN4C[C@H](F)C5)nc3c2F)c1C(F)(F)F. The number of fused-ring (bicyclic) bond motifs is 5. The molecule has 2 N–H and O–H groups in total. The van der Waals surface area contributed by atoms with Gasteiger partial charge in [0.15, 0.2) is 11.5 Å². The highest BCUT2D eigenvalue weighted by Gasteiger charge is 2.50. The first-order valence-corrected chi connectivity index (χ1v) is 16.4. The fourth-order valence-corrected chi connectivity index (χ4v) is 8.76. The predicted molar refractivity (Wildman–Crippen MR) is 169 cm³/mol. The minimum Gasteiger partial charge on any atom is -0.461 e. The molecule has 4 fully saturated rings. The molecule has 0 amide bonds. The van der Waals surface area contributed by atoms with Gasteiger partial charge in [-0.25, -0.2) is 8.78 Å². The standard InChI is InChI=1S/C34H31F7N8O/c1-17-9-22-26(23(12-42)47-46-22)25(27(17)34(39,40)41)20-3-4-21-29(28(20)38)43-31(50-16-33-6-2-8-49(33)13-18(35)10-33)44-30(21)48-14-19-5-7-32(15-48,45-19)11-24(36)37/h3-4,9,11,18-19,45H,2,5-8,10,13-16H2,1H3,(H,46,47)/t18-,19+,32+,33+/m1/s1. The number of rotatable bonds is 6. The number of aromatic amines is 1. The fraction of sp³-hybridized carbons (Fsp3) is 0.471. The molecule has 2 aromatic heterocycles. The second-order valence-electron chi connectivity index (χ2n) is 13.9. The maximum atomic E-state index is 17.0. The number of H-pyrrole nitrogens is 1. The van der Waals surface area contributed by atoms with Gasteiger partial charge in [0.25, 0.3) is 6.08 Å². The normalized spacial score (nSPS) is 26.5. The Morgan fingerprint density at radius 1 is 1.20 bits per heavy atom. The van der Waals surface area contributed by atoms with E-state index in [4.69, 9.17) is 4.74 Å². The number of nitrogens with one attached hydrogen (secondary N) is 2. The minimum absolute atomic E-state index is 0.000861. The van der Waals surface area contributed by atoms with Crippen LogP contribution in [0.5, 0.6) is 6.01 Å². The van der Waals surface area contributed by atoms with Crippen molar-refractivity contribution in [3.8, 4) is 23.2 Å². The quantitative estimate of drug-likeness (QED) is 0.218. The van der Waals surface area contributed by atoms with E-state index in [1.54, 1.807) is 11.0 Å². The molecule has 50 heavy (non-hydrogen) atoms. The van der Waals surface area contributed by atoms with Crippen LogP contribution in [0.4, 0.5) is 36.6 Å². The van der Waals surface area contributed by atoms with E-state index in [-0.39, 0.29) is 77.1 Å². The molecule has 6 heterocycles. The number of ether oxygens (including phenoxy) is 1. The fourth-order valence-electron chi connectivity index (χ4n) is 8.76. The van der Waals surface area contributed by atoms with E-state index in [0.717, 1.165) is 12.5 Å². The summed E-state index contributed by atoms with van der Waals surface area (Å²) in [7, 11) is 0. The lowest BCUT2D eigenvalue weighted by Crippen LogP contribution is -2.59. The second-order valence-corrected chi connectivity index (χ2v) is 13.9. The van der Waals surface area contributed by atoms with Crippen LogP contribution < -0.4 is 15.0 Å². The largest absolute Gasteiger partial charge is 0.461 e. The van der Waals surface area contributed by atoms with E-state index in [2.05, 4.69) is 25.5 Å². The van der Waals surface area contributed by atoms with E-state index in [0.29, 0.717) is 32.4 Å². The summed E-state index contributed by atoms with van der Waals surface area (Å²) < 4.78 is 109. The van der Waals surface area contributed by atoms with Gasteiger partial charge >= 0.3 is 12.2 Å². The molecule has 16 heteroatoms. The molecule has 8 rings (SSSR count). The Hall–Kier alpha value is -4.49. The Kier molecular flexibility index (Phi) is 7.54. The van der Waals surface area contributed by atoms with Crippen molar-refractivity contribution >= 4 is 27.6 Å². The maximum Gasteiger partial charge on any atom is 0.417 e. The Morgan fingerprint density at radius 3 is 2.78 bits per heavy atom. The summed E-state index contributed by atoms with van der Waals surface area (Å²) in [5.74, 6) is -0.950. The van der Waals surface area contributed by atoms with Gasteiger partial charge in [0.1, 0.15) is 30.2 Å². The van der Waals surface area contributed by atoms with Gasteiger partial charge in [0, 0.05) is 60.1 Å². The lowest BCUT2D eigenvalue weighted by Gasteiger charge is -2.40. The number of nitrogens with zero attached hydrogens (tertiary/aromatic N) is 6. The number of alkyl halides is 4. The molecular weight excluding hydrogens is 669 g/mol. The third-order valence-electron chi connectivity index (χ3n) is 10.7. The molecule has 0 radical (unpaired) electrons. The zero-order valence-electron chi connectivity index (χ0n) is 26.8. The van der Waals surface area contributed by atoms with Crippen molar-refractivity contribution in [3.63, 3.8) is 0 Å². The summed E-state index contributed by atoms with van der Waals surface area (Å²) >= 11 is 0. The first-order valence-electron chi connectivity index (χ1n) is 16.4. The molecule has 262 valence electrons. The third kappa shape index (κ3) is 5.24. The van der Waals surface area contributed by atoms with Crippen LogP contribution >= 0.6 is 0 Å². The molecule has 4 aliphatic heterocycles. The molecule has 0 unspecified atom stereocenters. The lowest BCUT2D eigenvalue weighted by atomic mass is 9.90. The van der Waals surface area contributed by atoms with Crippen molar-refractivity contribution < 1.29 is 35.5 Å². The molecule has 4 aliphatic rings. The summed E-state index contributed by atoms with van der Waals surface area (Å²) in [6.45, 7) is 2.58. The second kappa shape index (κ2) is 11.5. The minimum atomic E-state index is -4.93. The summed E-state index contributed by atoms with van der Waals surface area (Å²) in [6, 6.07) is 5.12. The van der Waals surface area contributed by atoms with Crippen LogP contribution in [0.25, 0.3) is 32.9 Å². The number of nitriles is 1. The van der Waals surface area contributed by atoms with Gasteiger partial charge in [0.05, 0.1) is 22.2 Å². The number of aromatic nitrogens is 4. The molecule has 4 saturated heterocycles. The van der Waals surface area contributed by atoms with Crippen LogP contribution in [0, 0.1) is 24.1 Å². The highest BCUT2D eigenvalue weighted by atomic mass is 19.4. The molecular formula is C34H31F7N8O. The average molecular weight is 701 g/mol. The number of halogens is 7. The van der Waals surface area contributed by atoms with E-state index in [1.807, 2.05) is 4.90 Å². The molecule has 2 bridgehead atoms. The van der Waals surface area contributed by atoms with E-state index in [9.17, 15) is 31.6 Å². The van der Waals surface area contributed by atoms with Crippen LogP contribution in [0.3, 0.4) is 0 Å². The van der Waals surface area contributed by atoms with Crippen LogP contribution in [-0.2, 0) is 6.18 Å². The highest BCUT2D eigenvalue weighted by Crippen LogP contribution is 2.47. The van der Waals surface area contributed by atoms with Gasteiger partial charge in [-0.15, -0.1) is 0 Å². The van der Waals surface area contributed by atoms with Crippen LogP contribution in [0.2, 0.25) is 0 Å². The van der Waals surface area contributed by atoms with Crippen LogP contribution in [-0.4, -0.2) is 81.1 Å². The highest BCUT2D eigenvalue weighted by molar-refractivity contribution is 6.03. The van der Waals surface area contributed by atoms with Crippen molar-refractivity contribution in [1.82, 2.24) is 30.4 Å². The average Bonchev–Trinajstić information content (AvgIpc) is 3.79. The van der Waals surface area contributed by atoms with Crippen molar-refractivity contribution in [3.05, 3.63) is 53.0 Å². The smallest absolute Gasteiger partial charge is 0.417 e. The monoisotopic (exact) mass is 700 g/mol. The zero-order chi connectivity index (χ0) is 35.2. The molecule has 0 saturated carbocycles. The Morgan fingerprint density at radius 2 is 2.02 bits per heavy atom. The third-order valence-corrected chi connectivity index (χ3v) is 10.7. The predicted octanol–water partition coefficient (Wildman–Crippen LogP) is 6.56. The van der Waals surface area contributed by atoms with Gasteiger partial charge in [0.2, 0.25) is 0 Å². The Bertz CT molecular complexity index is 2110. The molecule has 4 aromatic rings. The Balaban J connectivity index is 1.32. The molecule has 0 aliphatic carbocycles. The first kappa shape index (κ1) is 32.7. The van der Waals surface area contributed by atoms with Crippen molar-refractivity contribution in [1.29, 1.82) is 5.26 Å². The number of anilines is 1. The van der Waals surface area contributed by atoms with E-state index < -0.39 is 52.0 Å². The van der Waals surface area contributed by atoms with E-state index >= 15 is 4.39 Å². The first-order chi connectivity index (χ1) is 23.8. The van der Waals surface area contributed by atoms with Gasteiger partial charge in [-0.05, 0) is 56.8 Å². The zero-order valence-corrected chi connectivity index (χ0v) is 26.8. The summed E-state index contributed by atoms with van der Waals surface area (Å²) in [5.41, 5.74) is -4.64. The van der Waals surface area contributed by atoms with E-state index in [1.165, 1.54) is 25.1 Å². The number of benzene rings is 2. The van der Waals surface area contributed by atoms with Crippen LogP contribution in [0.1, 0.15) is 48.9 Å². The summed E-state index contributed by atoms with van der Waals surface area (Å²) in [6.07, 6.45) is -4.17. The van der Waals surface area contributed by atoms with Crippen molar-refractivity contribution in [2.75, 3.05) is 37.7 Å². The number of aryl methyl sites for hydroxylation is 1. The molecule has 9 nitrogen and oxygen atoms in total. The molecule has 0 spiro atoms. The van der Waals surface area contributed by atoms with Gasteiger partial charge in [-0.2, -0.15) is 42.3 Å². The number of piperazine rings is 1. The van der Waals surface area contributed by atoms with Gasteiger partial charge < -0.3 is 15.0 Å². The Labute approximate surface area is 281 Å². The molecule has 4 atom stereocenters. The number of hydrogen-bond acceptors (Lipinski definition) is 8. The number of hydrogen-bond donors (Lipinski definition) is 2. The topological polar surface area (TPSA) is 106 Å². The van der Waals surface area contributed by atoms with Crippen LogP contribution in [0.15, 0.2) is 30.4 Å². The van der Waals surface area contributed by atoms with Crippen molar-refractivity contribution in [2.24, 2.45) is 0 Å². The molecule has 2 aromatic carbocycles. The maximum absolute atomic E-state index is 17.0.